The smallest absolute Gasteiger partial charge is 0.330 e. The van der Waals surface area contributed by atoms with E-state index in [1.54, 1.807) is 0 Å². The minimum atomic E-state index is -0.287. The Labute approximate surface area is 85.7 Å². The van der Waals surface area contributed by atoms with Crippen LogP contribution in [0.25, 0.3) is 0 Å². The maximum atomic E-state index is 10.3. The number of nitrogens with zero attached hydrogens (tertiary/aromatic N) is 1. The molecule has 3 nitrogen and oxygen atoms in total. The number of methoxy groups -OCH3 is 1. The van der Waals surface area contributed by atoms with Crippen LogP contribution in [-0.2, 0) is 9.53 Å². The summed E-state index contributed by atoms with van der Waals surface area (Å²) in [4.78, 5) is 10.3. The summed E-state index contributed by atoms with van der Waals surface area (Å²) in [6.45, 7) is 7.47. The molecule has 0 aromatic heterocycles. The van der Waals surface area contributed by atoms with Crippen LogP contribution in [0.1, 0.15) is 27.7 Å². The van der Waals surface area contributed by atoms with Crippen LogP contribution in [0.15, 0.2) is 23.3 Å². The lowest BCUT2D eigenvalue weighted by molar-refractivity contribution is -0.134. The number of hydrogen-bond donors (Lipinski definition) is 0. The number of ether oxygens (including phenoxy) is 1. The molecule has 0 saturated heterocycles. The fourth-order valence-electron chi connectivity index (χ4n) is 0.424. The van der Waals surface area contributed by atoms with E-state index in [4.69, 9.17) is 5.26 Å². The van der Waals surface area contributed by atoms with Crippen LogP contribution in [-0.4, -0.2) is 13.1 Å². The Bertz CT molecular complexity index is 262. The van der Waals surface area contributed by atoms with E-state index in [-0.39, 0.29) is 5.97 Å². The monoisotopic (exact) mass is 195 g/mol. The molecule has 0 aliphatic carbocycles. The summed E-state index contributed by atoms with van der Waals surface area (Å²) in [5.41, 5.74) is 2.01. The number of hydrogen-bond acceptors (Lipinski definition) is 3. The van der Waals surface area contributed by atoms with E-state index in [9.17, 15) is 4.79 Å². The second-order valence-electron chi connectivity index (χ2n) is 3.10. The predicted octanol–water partition coefficient (Wildman–Crippen LogP) is 2.60. The van der Waals surface area contributed by atoms with Crippen LogP contribution in [0.2, 0.25) is 0 Å². The molecule has 0 spiro atoms. The third kappa shape index (κ3) is 16.8. The lowest BCUT2D eigenvalue weighted by Crippen LogP contribution is -1.94. The van der Waals surface area contributed by atoms with E-state index in [0.29, 0.717) is 0 Å². The van der Waals surface area contributed by atoms with Gasteiger partial charge in [-0.1, -0.05) is 11.1 Å². The molecule has 0 rings (SSSR count). The van der Waals surface area contributed by atoms with Crippen LogP contribution in [0.5, 0.6) is 0 Å². The highest BCUT2D eigenvalue weighted by Gasteiger charge is 1.89. The van der Waals surface area contributed by atoms with Crippen LogP contribution in [0.4, 0.5) is 0 Å². The van der Waals surface area contributed by atoms with Gasteiger partial charge in [0, 0.05) is 12.2 Å². The van der Waals surface area contributed by atoms with Gasteiger partial charge in [-0.2, -0.15) is 5.26 Å². The molecule has 0 aliphatic rings. The molecule has 0 saturated carbocycles. The van der Waals surface area contributed by atoms with E-state index in [1.807, 2.05) is 33.8 Å². The third-order valence-electron chi connectivity index (χ3n) is 0.961. The van der Waals surface area contributed by atoms with Crippen LogP contribution < -0.4 is 0 Å². The lowest BCUT2D eigenvalue weighted by Gasteiger charge is -1.89. The first-order valence-electron chi connectivity index (χ1n) is 4.19. The summed E-state index contributed by atoms with van der Waals surface area (Å²) in [5.74, 6) is -0.287. The molecule has 0 atom stereocenters. The van der Waals surface area contributed by atoms with Crippen molar-refractivity contribution in [1.29, 1.82) is 5.26 Å². The van der Waals surface area contributed by atoms with Gasteiger partial charge in [0.25, 0.3) is 0 Å². The summed E-state index contributed by atoms with van der Waals surface area (Å²) >= 11 is 0. The molecule has 0 bridgehead atoms. The zero-order valence-electron chi connectivity index (χ0n) is 9.42. The molecule has 0 amide bonds. The van der Waals surface area contributed by atoms with Crippen molar-refractivity contribution in [3.63, 3.8) is 0 Å². The average molecular weight is 195 g/mol. The van der Waals surface area contributed by atoms with Crippen LogP contribution in [0, 0.1) is 11.3 Å². The number of nitriles is 1. The van der Waals surface area contributed by atoms with Crippen molar-refractivity contribution in [1.82, 2.24) is 0 Å². The Hall–Kier alpha value is -1.56. The summed E-state index contributed by atoms with van der Waals surface area (Å²) in [5, 5.41) is 7.91. The quantitative estimate of drug-likeness (QED) is 0.367. The van der Waals surface area contributed by atoms with E-state index < -0.39 is 0 Å². The van der Waals surface area contributed by atoms with Gasteiger partial charge >= 0.3 is 5.97 Å². The Morgan fingerprint density at radius 1 is 1.21 bits per heavy atom. The van der Waals surface area contributed by atoms with Gasteiger partial charge in [0.2, 0.25) is 0 Å². The van der Waals surface area contributed by atoms with Gasteiger partial charge in [0.15, 0.2) is 0 Å². The standard InChI is InChI=1S/C6H10O2.C5H7N/c1-5(2)4-6(7)8-3;1-5(2)3-4-6/h4H,1-3H3;3H,1-2H3. The SMILES string of the molecule is CC(C)=CC#N.COC(=O)C=C(C)C. The van der Waals surface area contributed by atoms with E-state index >= 15 is 0 Å². The van der Waals surface area contributed by atoms with Crippen molar-refractivity contribution in [3.8, 4) is 6.07 Å². The molecular formula is C11H17NO2. The predicted molar refractivity (Wildman–Crippen MR) is 56.5 cm³/mol. The molecular weight excluding hydrogens is 178 g/mol. The first-order chi connectivity index (χ1) is 6.43. The second kappa shape index (κ2) is 9.53. The molecule has 78 valence electrons. The molecule has 14 heavy (non-hydrogen) atoms. The highest BCUT2D eigenvalue weighted by Crippen LogP contribution is 1.88. The molecule has 0 fully saturated rings. The number of esters is 1. The fourth-order valence-corrected chi connectivity index (χ4v) is 0.424. The number of allylic oxidation sites excluding steroid dienone is 3. The fraction of sp³-hybridized carbons (Fsp3) is 0.455. The van der Waals surface area contributed by atoms with Crippen molar-refractivity contribution < 1.29 is 9.53 Å². The minimum Gasteiger partial charge on any atom is -0.466 e. The van der Waals surface area contributed by atoms with Crippen molar-refractivity contribution in [2.75, 3.05) is 7.11 Å². The van der Waals surface area contributed by atoms with E-state index in [2.05, 4.69) is 4.74 Å². The van der Waals surface area contributed by atoms with Gasteiger partial charge < -0.3 is 4.74 Å². The molecule has 0 aliphatic heterocycles. The highest BCUT2D eigenvalue weighted by molar-refractivity contribution is 5.82. The minimum absolute atomic E-state index is 0.287. The molecule has 0 radical (unpaired) electrons. The van der Waals surface area contributed by atoms with Gasteiger partial charge in [-0.3, -0.25) is 0 Å². The van der Waals surface area contributed by atoms with Gasteiger partial charge in [-0.25, -0.2) is 4.79 Å². The lowest BCUT2D eigenvalue weighted by atomic mass is 10.3. The highest BCUT2D eigenvalue weighted by atomic mass is 16.5. The van der Waals surface area contributed by atoms with E-state index in [1.165, 1.54) is 19.3 Å². The molecule has 0 aromatic rings. The summed E-state index contributed by atoms with van der Waals surface area (Å²) in [7, 11) is 1.36. The number of rotatable bonds is 1. The largest absolute Gasteiger partial charge is 0.466 e. The van der Waals surface area contributed by atoms with E-state index in [0.717, 1.165) is 11.1 Å². The Kier molecular flexibility index (Phi) is 10.2. The van der Waals surface area contributed by atoms with Crippen LogP contribution in [0.3, 0.4) is 0 Å². The Balaban J connectivity index is 0. The van der Waals surface area contributed by atoms with Gasteiger partial charge in [0.1, 0.15) is 0 Å². The first-order valence-corrected chi connectivity index (χ1v) is 4.19. The molecule has 0 aromatic carbocycles. The molecule has 0 N–H and O–H groups in total. The molecule has 3 heteroatoms. The van der Waals surface area contributed by atoms with Gasteiger partial charge in [-0.05, 0) is 27.7 Å². The summed E-state index contributed by atoms with van der Waals surface area (Å²) in [6.07, 6.45) is 2.96. The summed E-state index contributed by atoms with van der Waals surface area (Å²) in [6, 6.07) is 1.91. The zero-order chi connectivity index (χ0) is 11.6. The van der Waals surface area contributed by atoms with Crippen LogP contribution >= 0.6 is 0 Å². The first kappa shape index (κ1) is 14.9. The zero-order valence-corrected chi connectivity index (χ0v) is 9.42. The molecule has 0 heterocycles. The Morgan fingerprint density at radius 2 is 1.71 bits per heavy atom. The van der Waals surface area contributed by atoms with Crippen molar-refractivity contribution in [2.24, 2.45) is 0 Å². The second-order valence-corrected chi connectivity index (χ2v) is 3.10. The van der Waals surface area contributed by atoms with Crippen molar-refractivity contribution in [3.05, 3.63) is 23.3 Å². The van der Waals surface area contributed by atoms with Gasteiger partial charge in [0.05, 0.1) is 13.2 Å². The van der Waals surface area contributed by atoms with Crippen molar-refractivity contribution >= 4 is 5.97 Å². The Morgan fingerprint density at radius 3 is 1.79 bits per heavy atom. The summed E-state index contributed by atoms with van der Waals surface area (Å²) < 4.78 is 4.35. The normalized spacial score (nSPS) is 7.14. The number of carbonyl (C=O) groups is 1. The number of carbonyl (C=O) groups excluding carboxylic acids is 1. The maximum absolute atomic E-state index is 10.3. The average Bonchev–Trinajstić information content (AvgIpc) is 2.03. The maximum Gasteiger partial charge on any atom is 0.330 e. The third-order valence-corrected chi connectivity index (χ3v) is 0.961. The molecule has 0 unspecified atom stereocenters. The van der Waals surface area contributed by atoms with Gasteiger partial charge in [-0.15, -0.1) is 0 Å². The topological polar surface area (TPSA) is 50.1 Å². The van der Waals surface area contributed by atoms with Crippen molar-refractivity contribution in [2.45, 2.75) is 27.7 Å².